The number of carbonyl (C=O) groups excluding carboxylic acids is 1. The molecule has 0 N–H and O–H groups in total. The molecule has 0 aliphatic heterocycles. The van der Waals surface area contributed by atoms with Gasteiger partial charge in [-0.3, -0.25) is 4.79 Å². The van der Waals surface area contributed by atoms with Crippen LogP contribution in [0.5, 0.6) is 0 Å². The zero-order valence-corrected chi connectivity index (χ0v) is 10.6. The zero-order chi connectivity index (χ0) is 11.5. The molecule has 0 saturated heterocycles. The van der Waals surface area contributed by atoms with Crippen LogP contribution < -0.4 is 0 Å². The third-order valence-corrected chi connectivity index (χ3v) is 3.72. The molecular formula is C13H18OS. The molecule has 1 unspecified atom stereocenters. The maximum absolute atomic E-state index is 11.2. The normalized spacial score (nSPS) is 13.6. The van der Waals surface area contributed by atoms with Crippen LogP contribution in [0.25, 0.3) is 0 Å². The fourth-order valence-electron chi connectivity index (χ4n) is 1.54. The van der Waals surface area contributed by atoms with E-state index in [2.05, 4.69) is 32.9 Å². The molecule has 0 bridgehead atoms. The van der Waals surface area contributed by atoms with Crippen LogP contribution >= 0.6 is 11.8 Å². The van der Waals surface area contributed by atoms with Gasteiger partial charge in [0.2, 0.25) is 0 Å². The first-order valence-corrected chi connectivity index (χ1v) is 6.01. The lowest BCUT2D eigenvalue weighted by atomic mass is 9.87. The molecule has 2 heteroatoms. The molecule has 1 nitrogen and oxygen atoms in total. The van der Waals surface area contributed by atoms with Crippen LogP contribution in [0.15, 0.2) is 30.3 Å². The van der Waals surface area contributed by atoms with Crippen molar-refractivity contribution in [3.05, 3.63) is 35.9 Å². The molecule has 0 aliphatic rings. The first-order valence-electron chi connectivity index (χ1n) is 5.13. The number of thioether (sulfide) groups is 1. The van der Waals surface area contributed by atoms with E-state index in [1.165, 1.54) is 17.3 Å². The van der Waals surface area contributed by atoms with Crippen molar-refractivity contribution in [2.45, 2.75) is 32.9 Å². The van der Waals surface area contributed by atoms with Gasteiger partial charge in [0.1, 0.15) is 0 Å². The lowest BCUT2D eigenvalue weighted by Gasteiger charge is -2.29. The number of hydrogen-bond acceptors (Lipinski definition) is 2. The SMILES string of the molecule is CC(=O)SC(c1ccccc1)C(C)(C)C. The molecule has 82 valence electrons. The van der Waals surface area contributed by atoms with E-state index in [0.29, 0.717) is 0 Å². The van der Waals surface area contributed by atoms with Crippen LogP contribution in [0.3, 0.4) is 0 Å². The standard InChI is InChI=1S/C13H18OS/c1-10(14)15-12(13(2,3)4)11-8-6-5-7-9-11/h5-9,12H,1-4H3. The maximum atomic E-state index is 11.2. The Morgan fingerprint density at radius 3 is 2.13 bits per heavy atom. The van der Waals surface area contributed by atoms with Crippen molar-refractivity contribution in [3.63, 3.8) is 0 Å². The average Bonchev–Trinajstić information content (AvgIpc) is 2.14. The van der Waals surface area contributed by atoms with Crippen molar-refractivity contribution in [1.29, 1.82) is 0 Å². The van der Waals surface area contributed by atoms with E-state index in [1.54, 1.807) is 6.92 Å². The summed E-state index contributed by atoms with van der Waals surface area (Å²) in [5, 5.41) is 0.412. The summed E-state index contributed by atoms with van der Waals surface area (Å²) in [6.45, 7) is 8.13. The van der Waals surface area contributed by atoms with Crippen LogP contribution in [-0.4, -0.2) is 5.12 Å². The summed E-state index contributed by atoms with van der Waals surface area (Å²) in [7, 11) is 0. The summed E-state index contributed by atoms with van der Waals surface area (Å²) < 4.78 is 0. The molecule has 0 aromatic heterocycles. The number of benzene rings is 1. The molecule has 15 heavy (non-hydrogen) atoms. The fourth-order valence-corrected chi connectivity index (χ4v) is 2.52. The van der Waals surface area contributed by atoms with Crippen molar-refractivity contribution in [1.82, 2.24) is 0 Å². The van der Waals surface area contributed by atoms with Crippen molar-refractivity contribution in [3.8, 4) is 0 Å². The van der Waals surface area contributed by atoms with Gasteiger partial charge in [-0.2, -0.15) is 0 Å². The monoisotopic (exact) mass is 222 g/mol. The highest BCUT2D eigenvalue weighted by atomic mass is 32.2. The van der Waals surface area contributed by atoms with Gasteiger partial charge >= 0.3 is 0 Å². The Labute approximate surface area is 96.3 Å². The van der Waals surface area contributed by atoms with Gasteiger partial charge in [-0.05, 0) is 11.0 Å². The van der Waals surface area contributed by atoms with Gasteiger partial charge in [0, 0.05) is 12.2 Å². The summed E-state index contributed by atoms with van der Waals surface area (Å²) in [5.74, 6) is 0. The smallest absolute Gasteiger partial charge is 0.186 e. The third-order valence-electron chi connectivity index (χ3n) is 2.17. The first kappa shape index (κ1) is 12.3. The van der Waals surface area contributed by atoms with E-state index in [-0.39, 0.29) is 15.8 Å². The van der Waals surface area contributed by atoms with E-state index in [0.717, 1.165) is 0 Å². The zero-order valence-electron chi connectivity index (χ0n) is 9.78. The maximum Gasteiger partial charge on any atom is 0.186 e. The fraction of sp³-hybridized carbons (Fsp3) is 0.462. The van der Waals surface area contributed by atoms with E-state index >= 15 is 0 Å². The molecule has 1 atom stereocenters. The summed E-state index contributed by atoms with van der Waals surface area (Å²) in [4.78, 5) is 11.2. The third kappa shape index (κ3) is 3.71. The molecule has 0 saturated carbocycles. The van der Waals surface area contributed by atoms with Gasteiger partial charge in [-0.15, -0.1) is 0 Å². The molecule has 0 amide bonds. The highest BCUT2D eigenvalue weighted by Crippen LogP contribution is 2.43. The van der Waals surface area contributed by atoms with Gasteiger partial charge in [0.05, 0.1) is 0 Å². The molecule has 0 aliphatic carbocycles. The summed E-state index contributed by atoms with van der Waals surface area (Å²) in [5.41, 5.74) is 1.32. The average molecular weight is 222 g/mol. The van der Waals surface area contributed by atoms with Crippen LogP contribution in [0.2, 0.25) is 0 Å². The van der Waals surface area contributed by atoms with Crippen molar-refractivity contribution >= 4 is 16.9 Å². The van der Waals surface area contributed by atoms with Gasteiger partial charge in [-0.25, -0.2) is 0 Å². The predicted molar refractivity (Wildman–Crippen MR) is 66.9 cm³/mol. The van der Waals surface area contributed by atoms with E-state index in [1.807, 2.05) is 18.2 Å². The lowest BCUT2D eigenvalue weighted by Crippen LogP contribution is -2.16. The largest absolute Gasteiger partial charge is 0.288 e. The molecular weight excluding hydrogens is 204 g/mol. The van der Waals surface area contributed by atoms with Gasteiger partial charge < -0.3 is 0 Å². The molecule has 0 spiro atoms. The molecule has 1 aromatic rings. The Kier molecular flexibility index (Phi) is 3.97. The second-order valence-electron chi connectivity index (χ2n) is 4.77. The first-order chi connectivity index (χ1) is 6.91. The van der Waals surface area contributed by atoms with E-state index in [4.69, 9.17) is 0 Å². The van der Waals surface area contributed by atoms with Gasteiger partial charge in [0.15, 0.2) is 5.12 Å². The Balaban J connectivity index is 2.97. The van der Waals surface area contributed by atoms with Crippen LogP contribution in [-0.2, 0) is 4.79 Å². The van der Waals surface area contributed by atoms with Gasteiger partial charge in [0.25, 0.3) is 0 Å². The van der Waals surface area contributed by atoms with Crippen molar-refractivity contribution in [2.24, 2.45) is 5.41 Å². The molecule has 0 heterocycles. The Hall–Kier alpha value is -0.760. The second-order valence-corrected chi connectivity index (χ2v) is 6.05. The molecule has 0 fully saturated rings. The van der Waals surface area contributed by atoms with Crippen LogP contribution in [0, 0.1) is 5.41 Å². The Bertz CT molecular complexity index is 324. The number of rotatable bonds is 2. The molecule has 1 rings (SSSR count). The van der Waals surface area contributed by atoms with Gasteiger partial charge in [-0.1, -0.05) is 62.9 Å². The lowest BCUT2D eigenvalue weighted by molar-refractivity contribution is -0.109. The summed E-state index contributed by atoms with van der Waals surface area (Å²) in [6.07, 6.45) is 0. The van der Waals surface area contributed by atoms with E-state index in [9.17, 15) is 4.79 Å². The molecule has 0 radical (unpaired) electrons. The highest BCUT2D eigenvalue weighted by molar-refractivity contribution is 8.13. The quantitative estimate of drug-likeness (QED) is 0.750. The van der Waals surface area contributed by atoms with Crippen molar-refractivity contribution < 1.29 is 4.79 Å². The van der Waals surface area contributed by atoms with E-state index < -0.39 is 0 Å². The molecule has 1 aromatic carbocycles. The highest BCUT2D eigenvalue weighted by Gasteiger charge is 2.27. The van der Waals surface area contributed by atoms with Crippen LogP contribution in [0.1, 0.15) is 38.5 Å². The van der Waals surface area contributed by atoms with Crippen molar-refractivity contribution in [2.75, 3.05) is 0 Å². The minimum absolute atomic E-state index is 0.0949. The Morgan fingerprint density at radius 1 is 1.20 bits per heavy atom. The number of hydrogen-bond donors (Lipinski definition) is 0. The summed E-state index contributed by atoms with van der Waals surface area (Å²) in [6, 6.07) is 10.2. The van der Waals surface area contributed by atoms with Crippen LogP contribution in [0.4, 0.5) is 0 Å². The Morgan fingerprint density at radius 2 is 1.73 bits per heavy atom. The second kappa shape index (κ2) is 4.84. The summed E-state index contributed by atoms with van der Waals surface area (Å²) >= 11 is 1.42. The minimum Gasteiger partial charge on any atom is -0.288 e. The topological polar surface area (TPSA) is 17.1 Å². The number of carbonyl (C=O) groups is 1. The predicted octanol–water partition coefficient (Wildman–Crippen LogP) is 4.05. The minimum atomic E-state index is 0.0949.